The van der Waals surface area contributed by atoms with Crippen molar-refractivity contribution in [1.82, 2.24) is 15.2 Å². The van der Waals surface area contributed by atoms with Crippen LogP contribution in [0.4, 0.5) is 15.3 Å². The Bertz CT molecular complexity index is 918. The Morgan fingerprint density at radius 1 is 1.26 bits per heavy atom. The zero-order chi connectivity index (χ0) is 18.8. The number of benzene rings is 1. The Hall–Kier alpha value is -2.91. The summed E-state index contributed by atoms with van der Waals surface area (Å²) in [5.74, 6) is 0.0310. The van der Waals surface area contributed by atoms with Crippen molar-refractivity contribution < 1.29 is 14.3 Å². The molecule has 0 radical (unpaired) electrons. The minimum atomic E-state index is -0.498. The molecule has 138 valence electrons. The van der Waals surface area contributed by atoms with Crippen molar-refractivity contribution in [2.45, 2.75) is 18.6 Å². The second-order valence-corrected chi connectivity index (χ2v) is 7.05. The van der Waals surface area contributed by atoms with Crippen LogP contribution in [0.3, 0.4) is 0 Å². The summed E-state index contributed by atoms with van der Waals surface area (Å²) < 4.78 is 13.2. The maximum absolute atomic E-state index is 13.2. The predicted octanol–water partition coefficient (Wildman–Crippen LogP) is 2.64. The third kappa shape index (κ3) is 3.79. The number of rotatable bonds is 4. The van der Waals surface area contributed by atoms with Gasteiger partial charge in [0.2, 0.25) is 5.13 Å². The number of aromatic nitrogens is 3. The van der Waals surface area contributed by atoms with Gasteiger partial charge in [-0.3, -0.25) is 10.1 Å². The van der Waals surface area contributed by atoms with E-state index >= 15 is 0 Å². The number of pyridine rings is 1. The number of nitrogens with zero attached hydrogens (tertiary/aromatic N) is 4. The molecule has 2 N–H and O–H groups in total. The van der Waals surface area contributed by atoms with Crippen LogP contribution in [-0.4, -0.2) is 38.8 Å². The van der Waals surface area contributed by atoms with Crippen LogP contribution >= 0.6 is 11.3 Å². The second kappa shape index (κ2) is 7.37. The molecule has 0 spiro atoms. The van der Waals surface area contributed by atoms with Crippen molar-refractivity contribution in [3.8, 4) is 0 Å². The van der Waals surface area contributed by atoms with Crippen LogP contribution in [0.1, 0.15) is 28.4 Å². The van der Waals surface area contributed by atoms with Gasteiger partial charge >= 0.3 is 0 Å². The molecular formula is C18H16FN5O2S. The van der Waals surface area contributed by atoms with Crippen molar-refractivity contribution in [3.63, 3.8) is 0 Å². The number of β-amino-alcohol motifs (C(OH)–C–C–N with tert-alkyl or cyclic N) is 1. The molecule has 1 saturated heterocycles. The largest absolute Gasteiger partial charge is 0.391 e. The molecule has 9 heteroatoms. The van der Waals surface area contributed by atoms with Gasteiger partial charge < -0.3 is 10.0 Å². The van der Waals surface area contributed by atoms with Gasteiger partial charge in [-0.05, 0) is 36.2 Å². The minimum absolute atomic E-state index is 0.103. The number of hydrogen-bond donors (Lipinski definition) is 2. The Morgan fingerprint density at radius 2 is 2.07 bits per heavy atom. The number of halogens is 1. The number of carbonyl (C=O) groups excluding carboxylic acids is 1. The van der Waals surface area contributed by atoms with Crippen molar-refractivity contribution in [2.75, 3.05) is 16.8 Å². The van der Waals surface area contributed by atoms with E-state index in [1.807, 2.05) is 4.90 Å². The first-order chi connectivity index (χ1) is 13.1. The molecule has 1 aromatic carbocycles. The molecule has 1 aliphatic rings. The monoisotopic (exact) mass is 385 g/mol. The average molecular weight is 385 g/mol. The summed E-state index contributed by atoms with van der Waals surface area (Å²) in [5.41, 5.74) is 2.84. The molecular weight excluding hydrogens is 369 g/mol. The summed E-state index contributed by atoms with van der Waals surface area (Å²) in [5, 5.41) is 20.6. The lowest BCUT2D eigenvalue weighted by molar-refractivity contribution is 0.102. The number of aliphatic hydroxyl groups excluding tert-OH is 1. The molecule has 1 aliphatic heterocycles. The number of anilines is 2. The maximum atomic E-state index is 13.2. The lowest BCUT2D eigenvalue weighted by atomic mass is 10.0. The molecule has 1 fully saturated rings. The number of carbonyl (C=O) groups is 1. The van der Waals surface area contributed by atoms with E-state index in [1.54, 1.807) is 24.3 Å². The highest BCUT2D eigenvalue weighted by molar-refractivity contribution is 7.13. The van der Waals surface area contributed by atoms with Crippen LogP contribution in [0.2, 0.25) is 0 Å². The summed E-state index contributed by atoms with van der Waals surface area (Å²) in [6.45, 7) is 0.422. The molecule has 4 rings (SSSR count). The number of nitrogens with one attached hydrogen (secondary N) is 1. The topological polar surface area (TPSA) is 91.2 Å². The summed E-state index contributed by atoms with van der Waals surface area (Å²) in [7, 11) is 0. The fourth-order valence-electron chi connectivity index (χ4n) is 3.16. The smallest absolute Gasteiger partial charge is 0.259 e. The normalized spacial score (nSPS) is 19.3. The molecule has 1 amide bonds. The van der Waals surface area contributed by atoms with Gasteiger partial charge in [0.25, 0.3) is 5.91 Å². The van der Waals surface area contributed by atoms with E-state index in [-0.39, 0.29) is 17.8 Å². The van der Waals surface area contributed by atoms with Gasteiger partial charge in [-0.2, -0.15) is 0 Å². The predicted molar refractivity (Wildman–Crippen MR) is 99.2 cm³/mol. The first kappa shape index (κ1) is 17.5. The summed E-state index contributed by atoms with van der Waals surface area (Å²) in [6.07, 6.45) is 1.52. The Kier molecular flexibility index (Phi) is 4.78. The molecule has 3 heterocycles. The van der Waals surface area contributed by atoms with E-state index in [4.69, 9.17) is 0 Å². The van der Waals surface area contributed by atoms with Gasteiger partial charge in [0.15, 0.2) is 0 Å². The first-order valence-corrected chi connectivity index (χ1v) is 9.22. The summed E-state index contributed by atoms with van der Waals surface area (Å²) in [4.78, 5) is 18.6. The van der Waals surface area contributed by atoms with Gasteiger partial charge in [-0.25, -0.2) is 9.37 Å². The van der Waals surface area contributed by atoms with Crippen LogP contribution in [0.25, 0.3) is 0 Å². The van der Waals surface area contributed by atoms with Gasteiger partial charge in [0, 0.05) is 12.7 Å². The molecule has 0 bridgehead atoms. The van der Waals surface area contributed by atoms with Crippen molar-refractivity contribution in [3.05, 3.63) is 65.0 Å². The highest BCUT2D eigenvalue weighted by Gasteiger charge is 2.33. The lowest BCUT2D eigenvalue weighted by Crippen LogP contribution is -2.25. The third-order valence-electron chi connectivity index (χ3n) is 4.42. The highest BCUT2D eigenvalue weighted by atomic mass is 32.1. The molecule has 7 nitrogen and oxygen atoms in total. The van der Waals surface area contributed by atoms with Crippen LogP contribution in [0, 0.1) is 5.82 Å². The van der Waals surface area contributed by atoms with E-state index in [9.17, 15) is 14.3 Å². The summed E-state index contributed by atoms with van der Waals surface area (Å²) >= 11 is 1.23. The highest BCUT2D eigenvalue weighted by Crippen LogP contribution is 2.35. The zero-order valence-corrected chi connectivity index (χ0v) is 14.9. The fourth-order valence-corrected chi connectivity index (χ4v) is 3.60. The quantitative estimate of drug-likeness (QED) is 0.717. The second-order valence-electron chi connectivity index (χ2n) is 6.21. The van der Waals surface area contributed by atoms with E-state index in [2.05, 4.69) is 20.5 Å². The molecule has 0 aliphatic carbocycles. The molecule has 2 atom stereocenters. The Balaban J connectivity index is 1.53. The van der Waals surface area contributed by atoms with Crippen LogP contribution in [0.5, 0.6) is 0 Å². The average Bonchev–Trinajstić information content (AvgIpc) is 3.32. The van der Waals surface area contributed by atoms with Gasteiger partial charge in [0.1, 0.15) is 17.1 Å². The molecule has 2 aromatic heterocycles. The minimum Gasteiger partial charge on any atom is -0.391 e. The first-order valence-electron chi connectivity index (χ1n) is 8.34. The van der Waals surface area contributed by atoms with E-state index in [0.29, 0.717) is 29.5 Å². The number of amides is 1. The molecule has 0 unspecified atom stereocenters. The van der Waals surface area contributed by atoms with Gasteiger partial charge in [-0.15, -0.1) is 10.2 Å². The van der Waals surface area contributed by atoms with Gasteiger partial charge in [0.05, 0.1) is 17.7 Å². The van der Waals surface area contributed by atoms with E-state index in [1.165, 1.54) is 35.2 Å². The number of hydrogen-bond acceptors (Lipinski definition) is 7. The van der Waals surface area contributed by atoms with Crippen LogP contribution < -0.4 is 10.2 Å². The van der Waals surface area contributed by atoms with Gasteiger partial charge in [-0.1, -0.05) is 23.5 Å². The molecule has 27 heavy (non-hydrogen) atoms. The van der Waals surface area contributed by atoms with E-state index in [0.717, 1.165) is 5.56 Å². The zero-order valence-electron chi connectivity index (χ0n) is 14.1. The SMILES string of the molecule is O=C(Nc1nncs1)c1ccc(N2C[C@H](O)C[C@@H]2c2ccc(F)cc2)nc1. The Morgan fingerprint density at radius 3 is 2.74 bits per heavy atom. The van der Waals surface area contributed by atoms with Crippen molar-refractivity contribution >= 4 is 28.2 Å². The fraction of sp³-hybridized carbons (Fsp3) is 0.222. The van der Waals surface area contributed by atoms with Crippen LogP contribution in [-0.2, 0) is 0 Å². The Labute approximate surface area is 158 Å². The van der Waals surface area contributed by atoms with Crippen molar-refractivity contribution in [2.24, 2.45) is 0 Å². The van der Waals surface area contributed by atoms with Crippen LogP contribution in [0.15, 0.2) is 48.1 Å². The molecule has 3 aromatic rings. The van der Waals surface area contributed by atoms with Crippen molar-refractivity contribution in [1.29, 1.82) is 0 Å². The lowest BCUT2D eigenvalue weighted by Gasteiger charge is -2.25. The number of aliphatic hydroxyl groups is 1. The third-order valence-corrected chi connectivity index (χ3v) is 5.03. The maximum Gasteiger partial charge on any atom is 0.259 e. The molecule has 0 saturated carbocycles. The standard InChI is InChI=1S/C18H16FN5O2S/c19-13-4-1-11(2-5-13)15-7-14(25)9-24(15)16-6-3-12(8-20-16)17(26)22-18-23-21-10-27-18/h1-6,8,10,14-15,25H,7,9H2,(H,22,23,26)/t14-,15-/m1/s1. The summed E-state index contributed by atoms with van der Waals surface area (Å²) in [6, 6.07) is 9.56. The van der Waals surface area contributed by atoms with E-state index < -0.39 is 6.10 Å².